The first-order valence-corrected chi connectivity index (χ1v) is 8.13. The first-order valence-electron chi connectivity index (χ1n) is 8.13. The maximum atomic E-state index is 13.5. The number of rotatable bonds is 5. The molecule has 24 heavy (non-hydrogen) atoms. The summed E-state index contributed by atoms with van der Waals surface area (Å²) in [5.41, 5.74) is 1.60. The number of hydrogen-bond acceptors (Lipinski definition) is 2. The first kappa shape index (κ1) is 16.4. The molecule has 2 aromatic carbocycles. The number of fused-ring (bicyclic) bond motifs is 1. The van der Waals surface area contributed by atoms with Crippen LogP contribution >= 0.6 is 0 Å². The van der Waals surface area contributed by atoms with Crippen LogP contribution in [-0.2, 0) is 6.42 Å². The fourth-order valence-electron chi connectivity index (χ4n) is 2.78. The highest BCUT2D eigenvalue weighted by molar-refractivity contribution is 6.07. The van der Waals surface area contributed by atoms with E-state index in [0.717, 1.165) is 24.7 Å². The van der Waals surface area contributed by atoms with Gasteiger partial charge in [0.05, 0.1) is 12.3 Å². The Morgan fingerprint density at radius 1 is 1.17 bits per heavy atom. The van der Waals surface area contributed by atoms with Crippen molar-refractivity contribution in [1.82, 2.24) is 0 Å². The predicted molar refractivity (Wildman–Crippen MR) is 88.6 cm³/mol. The van der Waals surface area contributed by atoms with Crippen molar-refractivity contribution in [2.45, 2.75) is 26.2 Å². The second-order valence-electron chi connectivity index (χ2n) is 5.83. The third-order valence-corrected chi connectivity index (χ3v) is 4.13. The summed E-state index contributed by atoms with van der Waals surface area (Å²) < 4.78 is 32.4. The summed E-state index contributed by atoms with van der Waals surface area (Å²) in [7, 11) is 0. The molecule has 2 aromatic rings. The molecule has 0 saturated carbocycles. The smallest absolute Gasteiger partial charge is 0.258 e. The van der Waals surface area contributed by atoms with Gasteiger partial charge in [-0.1, -0.05) is 13.3 Å². The van der Waals surface area contributed by atoms with Crippen LogP contribution in [0.3, 0.4) is 0 Å². The van der Waals surface area contributed by atoms with Crippen LogP contribution in [0.5, 0.6) is 5.75 Å². The number of ether oxygens (including phenoxy) is 1. The van der Waals surface area contributed by atoms with Crippen molar-refractivity contribution in [3.8, 4) is 5.75 Å². The van der Waals surface area contributed by atoms with E-state index in [0.29, 0.717) is 36.4 Å². The molecule has 5 heteroatoms. The molecule has 1 aliphatic heterocycles. The van der Waals surface area contributed by atoms with Crippen molar-refractivity contribution in [3.63, 3.8) is 0 Å². The Bertz CT molecular complexity index is 744. The first-order chi connectivity index (χ1) is 11.6. The zero-order valence-corrected chi connectivity index (χ0v) is 13.5. The second-order valence-corrected chi connectivity index (χ2v) is 5.83. The molecule has 126 valence electrons. The molecule has 3 nitrogen and oxygen atoms in total. The molecule has 0 bridgehead atoms. The summed E-state index contributed by atoms with van der Waals surface area (Å²) in [5, 5.41) is 0. The minimum Gasteiger partial charge on any atom is -0.494 e. The minimum atomic E-state index is -0.937. The largest absolute Gasteiger partial charge is 0.494 e. The van der Waals surface area contributed by atoms with Crippen molar-refractivity contribution in [2.24, 2.45) is 0 Å². The fraction of sp³-hybridized carbons (Fsp3) is 0.316. The number of unbranched alkanes of at least 4 members (excludes halogenated alkanes) is 1. The van der Waals surface area contributed by atoms with Crippen LogP contribution in [0.25, 0.3) is 0 Å². The highest BCUT2D eigenvalue weighted by Crippen LogP contribution is 2.31. The average molecular weight is 331 g/mol. The maximum Gasteiger partial charge on any atom is 0.258 e. The lowest BCUT2D eigenvalue weighted by molar-refractivity contribution is 0.0989. The highest BCUT2D eigenvalue weighted by atomic mass is 19.2. The number of hydrogen-bond donors (Lipinski definition) is 0. The maximum absolute atomic E-state index is 13.5. The van der Waals surface area contributed by atoms with Crippen LogP contribution in [0.2, 0.25) is 0 Å². The standard InChI is InChI=1S/C19H19F2NO2/c1-2-3-10-24-15-6-4-13(5-7-15)19(23)22-9-8-14-11-16(20)17(21)12-18(14)22/h4-7,11-12H,2-3,8-10H2,1H3. The van der Waals surface area contributed by atoms with Gasteiger partial charge in [-0.25, -0.2) is 8.78 Å². The van der Waals surface area contributed by atoms with E-state index < -0.39 is 11.6 Å². The van der Waals surface area contributed by atoms with Gasteiger partial charge in [-0.2, -0.15) is 0 Å². The molecule has 0 aromatic heterocycles. The Hall–Kier alpha value is -2.43. The summed E-state index contributed by atoms with van der Waals surface area (Å²) in [4.78, 5) is 14.1. The lowest BCUT2D eigenvalue weighted by Gasteiger charge is -2.18. The zero-order chi connectivity index (χ0) is 17.1. The Kier molecular flexibility index (Phi) is 4.79. The number of halogens is 2. The van der Waals surface area contributed by atoms with Crippen LogP contribution in [0.15, 0.2) is 36.4 Å². The van der Waals surface area contributed by atoms with E-state index in [9.17, 15) is 13.6 Å². The van der Waals surface area contributed by atoms with Crippen molar-refractivity contribution in [2.75, 3.05) is 18.1 Å². The molecule has 0 radical (unpaired) electrons. The normalized spacial score (nSPS) is 13.0. The molecule has 0 unspecified atom stereocenters. The van der Waals surface area contributed by atoms with Gasteiger partial charge in [-0.3, -0.25) is 4.79 Å². The zero-order valence-electron chi connectivity index (χ0n) is 13.5. The molecular formula is C19H19F2NO2. The van der Waals surface area contributed by atoms with Gasteiger partial charge >= 0.3 is 0 Å². The Morgan fingerprint density at radius 2 is 1.88 bits per heavy atom. The van der Waals surface area contributed by atoms with E-state index in [1.54, 1.807) is 24.3 Å². The monoisotopic (exact) mass is 331 g/mol. The van der Waals surface area contributed by atoms with Gasteiger partial charge in [-0.15, -0.1) is 0 Å². The molecule has 0 N–H and O–H groups in total. The molecule has 0 atom stereocenters. The molecular weight excluding hydrogens is 312 g/mol. The number of benzene rings is 2. The van der Waals surface area contributed by atoms with Crippen molar-refractivity contribution in [1.29, 1.82) is 0 Å². The lowest BCUT2D eigenvalue weighted by atomic mass is 10.1. The quantitative estimate of drug-likeness (QED) is 0.763. The molecule has 3 rings (SSSR count). The number of carbonyl (C=O) groups excluding carboxylic acids is 1. The molecule has 1 amide bonds. The molecule has 1 aliphatic rings. The third kappa shape index (κ3) is 3.25. The van der Waals surface area contributed by atoms with E-state index >= 15 is 0 Å². The molecule has 0 fully saturated rings. The Morgan fingerprint density at radius 3 is 2.58 bits per heavy atom. The van der Waals surface area contributed by atoms with Crippen molar-refractivity contribution in [3.05, 3.63) is 59.2 Å². The van der Waals surface area contributed by atoms with Gasteiger partial charge in [0.15, 0.2) is 11.6 Å². The summed E-state index contributed by atoms with van der Waals surface area (Å²) >= 11 is 0. The fourth-order valence-corrected chi connectivity index (χ4v) is 2.78. The Labute approximate surface area is 139 Å². The SMILES string of the molecule is CCCCOc1ccc(C(=O)N2CCc3cc(F)c(F)cc32)cc1. The van der Waals surface area contributed by atoms with E-state index in [1.807, 2.05) is 0 Å². The molecule has 1 heterocycles. The van der Waals surface area contributed by atoms with Gasteiger partial charge in [0.2, 0.25) is 0 Å². The summed E-state index contributed by atoms with van der Waals surface area (Å²) in [5.74, 6) is -1.32. The van der Waals surface area contributed by atoms with Crippen LogP contribution in [0.1, 0.15) is 35.7 Å². The summed E-state index contributed by atoms with van der Waals surface area (Å²) in [6.45, 7) is 3.16. The topological polar surface area (TPSA) is 29.5 Å². The number of amides is 1. The van der Waals surface area contributed by atoms with Crippen molar-refractivity contribution >= 4 is 11.6 Å². The molecule has 0 spiro atoms. The van der Waals surface area contributed by atoms with E-state index in [1.165, 1.54) is 11.0 Å². The predicted octanol–water partition coefficient (Wildman–Crippen LogP) is 4.35. The van der Waals surface area contributed by atoms with Crippen LogP contribution in [0, 0.1) is 11.6 Å². The van der Waals surface area contributed by atoms with E-state index in [4.69, 9.17) is 4.74 Å². The van der Waals surface area contributed by atoms with Gasteiger partial charge in [0, 0.05) is 18.2 Å². The number of carbonyl (C=O) groups is 1. The lowest BCUT2D eigenvalue weighted by Crippen LogP contribution is -2.28. The van der Waals surface area contributed by atoms with Crippen LogP contribution < -0.4 is 9.64 Å². The average Bonchev–Trinajstić information content (AvgIpc) is 2.98. The molecule has 0 aliphatic carbocycles. The van der Waals surface area contributed by atoms with Gasteiger partial charge < -0.3 is 9.64 Å². The number of anilines is 1. The van der Waals surface area contributed by atoms with Gasteiger partial charge in [0.1, 0.15) is 5.75 Å². The molecule has 0 saturated heterocycles. The van der Waals surface area contributed by atoms with Gasteiger partial charge in [0.25, 0.3) is 5.91 Å². The highest BCUT2D eigenvalue weighted by Gasteiger charge is 2.27. The van der Waals surface area contributed by atoms with E-state index in [2.05, 4.69) is 6.92 Å². The van der Waals surface area contributed by atoms with Crippen LogP contribution in [0.4, 0.5) is 14.5 Å². The number of nitrogens with zero attached hydrogens (tertiary/aromatic N) is 1. The Balaban J connectivity index is 1.75. The van der Waals surface area contributed by atoms with Crippen LogP contribution in [-0.4, -0.2) is 19.1 Å². The minimum absolute atomic E-state index is 0.222. The van der Waals surface area contributed by atoms with Gasteiger partial charge in [-0.05, 0) is 48.7 Å². The van der Waals surface area contributed by atoms with E-state index in [-0.39, 0.29) is 5.91 Å². The summed E-state index contributed by atoms with van der Waals surface area (Å²) in [6.07, 6.45) is 2.56. The van der Waals surface area contributed by atoms with Crippen molar-refractivity contribution < 1.29 is 18.3 Å². The summed E-state index contributed by atoms with van der Waals surface area (Å²) in [6, 6.07) is 9.17. The second kappa shape index (κ2) is 6.99. The third-order valence-electron chi connectivity index (χ3n) is 4.13.